The number of benzene rings is 1. The lowest BCUT2D eigenvalue weighted by Gasteiger charge is -2.19. The van der Waals surface area contributed by atoms with E-state index in [0.29, 0.717) is 10.9 Å². The quantitative estimate of drug-likeness (QED) is 0.739. The summed E-state index contributed by atoms with van der Waals surface area (Å²) in [5.74, 6) is 0.486. The van der Waals surface area contributed by atoms with Crippen molar-refractivity contribution in [2.75, 3.05) is 6.54 Å². The zero-order valence-corrected chi connectivity index (χ0v) is 12.2. The molecular formula is C15H23ClFN. The third-order valence-electron chi connectivity index (χ3n) is 3.06. The molecule has 18 heavy (non-hydrogen) atoms. The average Bonchev–Trinajstić information content (AvgIpc) is 2.28. The van der Waals surface area contributed by atoms with E-state index < -0.39 is 0 Å². The fraction of sp³-hybridized carbons (Fsp3) is 0.600. The van der Waals surface area contributed by atoms with Gasteiger partial charge in [0.05, 0.1) is 0 Å². The summed E-state index contributed by atoms with van der Waals surface area (Å²) < 4.78 is 13.9. The Labute approximate surface area is 115 Å². The van der Waals surface area contributed by atoms with E-state index in [1.165, 1.54) is 12.5 Å². The molecule has 0 saturated carbocycles. The fourth-order valence-electron chi connectivity index (χ4n) is 2.13. The first-order valence-corrected chi connectivity index (χ1v) is 7.10. The first-order chi connectivity index (χ1) is 8.54. The molecule has 1 aromatic rings. The maximum absolute atomic E-state index is 13.9. The van der Waals surface area contributed by atoms with Gasteiger partial charge in [-0.05, 0) is 31.0 Å². The van der Waals surface area contributed by atoms with E-state index in [2.05, 4.69) is 19.2 Å². The van der Waals surface area contributed by atoms with Gasteiger partial charge in [-0.3, -0.25) is 0 Å². The molecule has 0 saturated heterocycles. The molecule has 1 atom stereocenters. The van der Waals surface area contributed by atoms with Gasteiger partial charge in [0, 0.05) is 16.6 Å². The van der Waals surface area contributed by atoms with E-state index in [0.717, 1.165) is 24.9 Å². The second-order valence-electron chi connectivity index (χ2n) is 5.10. The maximum Gasteiger partial charge on any atom is 0.129 e. The average molecular weight is 272 g/mol. The molecule has 1 unspecified atom stereocenters. The predicted octanol–water partition coefficient (Wildman–Crippen LogP) is 4.96. The van der Waals surface area contributed by atoms with Crippen LogP contribution in [-0.2, 0) is 0 Å². The summed E-state index contributed by atoms with van der Waals surface area (Å²) in [6, 6.07) is 5.03. The Morgan fingerprint density at radius 2 is 2.00 bits per heavy atom. The first kappa shape index (κ1) is 15.5. The zero-order valence-electron chi connectivity index (χ0n) is 11.5. The number of rotatable bonds is 7. The second kappa shape index (κ2) is 7.75. The third kappa shape index (κ3) is 4.95. The predicted molar refractivity (Wildman–Crippen MR) is 76.5 cm³/mol. The van der Waals surface area contributed by atoms with Crippen LogP contribution < -0.4 is 5.32 Å². The van der Waals surface area contributed by atoms with Crippen LogP contribution in [0.25, 0.3) is 0 Å². The summed E-state index contributed by atoms with van der Waals surface area (Å²) in [5.41, 5.74) is 0.727. The van der Waals surface area contributed by atoms with E-state index in [9.17, 15) is 4.39 Å². The minimum atomic E-state index is -0.210. The van der Waals surface area contributed by atoms with Crippen molar-refractivity contribution in [2.45, 2.75) is 46.1 Å². The van der Waals surface area contributed by atoms with Gasteiger partial charge in [0.15, 0.2) is 0 Å². The van der Waals surface area contributed by atoms with Crippen molar-refractivity contribution in [3.8, 4) is 0 Å². The highest BCUT2D eigenvalue weighted by Crippen LogP contribution is 2.25. The van der Waals surface area contributed by atoms with Crippen LogP contribution in [0, 0.1) is 11.7 Å². The molecule has 0 heterocycles. The highest BCUT2D eigenvalue weighted by Gasteiger charge is 2.14. The Morgan fingerprint density at radius 1 is 1.28 bits per heavy atom. The fourth-order valence-corrected chi connectivity index (χ4v) is 2.29. The molecule has 1 N–H and O–H groups in total. The Kier molecular flexibility index (Phi) is 6.66. The zero-order chi connectivity index (χ0) is 13.5. The van der Waals surface area contributed by atoms with E-state index >= 15 is 0 Å². The Morgan fingerprint density at radius 3 is 2.56 bits per heavy atom. The van der Waals surface area contributed by atoms with Crippen LogP contribution in [0.4, 0.5) is 4.39 Å². The second-order valence-corrected chi connectivity index (χ2v) is 5.54. The van der Waals surface area contributed by atoms with Gasteiger partial charge in [0.25, 0.3) is 0 Å². The van der Waals surface area contributed by atoms with E-state index in [4.69, 9.17) is 11.6 Å². The van der Waals surface area contributed by atoms with Gasteiger partial charge in [-0.15, -0.1) is 0 Å². The molecule has 0 amide bonds. The lowest BCUT2D eigenvalue weighted by atomic mass is 9.97. The van der Waals surface area contributed by atoms with Crippen molar-refractivity contribution < 1.29 is 4.39 Å². The largest absolute Gasteiger partial charge is 0.310 e. The molecule has 0 bridgehead atoms. The summed E-state index contributed by atoms with van der Waals surface area (Å²) in [6.45, 7) is 7.31. The Balaban J connectivity index is 2.70. The van der Waals surface area contributed by atoms with Crippen LogP contribution in [0.3, 0.4) is 0 Å². The van der Waals surface area contributed by atoms with Crippen molar-refractivity contribution in [3.63, 3.8) is 0 Å². The van der Waals surface area contributed by atoms with Crippen LogP contribution >= 0.6 is 11.6 Å². The lowest BCUT2D eigenvalue weighted by molar-refractivity contribution is 0.441. The maximum atomic E-state index is 13.9. The monoisotopic (exact) mass is 271 g/mol. The van der Waals surface area contributed by atoms with Crippen LogP contribution in [-0.4, -0.2) is 6.54 Å². The first-order valence-electron chi connectivity index (χ1n) is 6.73. The molecule has 0 fully saturated rings. The molecule has 0 spiro atoms. The normalized spacial score (nSPS) is 13.0. The molecule has 0 radical (unpaired) electrons. The number of hydrogen-bond acceptors (Lipinski definition) is 1. The Bertz CT molecular complexity index is 366. The minimum Gasteiger partial charge on any atom is -0.310 e. The SMILES string of the molecule is CCNC(CCCC(C)C)c1ccc(Cl)cc1F. The van der Waals surface area contributed by atoms with Crippen LogP contribution in [0.2, 0.25) is 5.02 Å². The molecular weight excluding hydrogens is 249 g/mol. The van der Waals surface area contributed by atoms with Crippen molar-refractivity contribution >= 4 is 11.6 Å². The van der Waals surface area contributed by atoms with Crippen LogP contribution in [0.1, 0.15) is 51.6 Å². The third-order valence-corrected chi connectivity index (χ3v) is 3.30. The number of halogens is 2. The molecule has 102 valence electrons. The van der Waals surface area contributed by atoms with Crippen LogP contribution in [0.15, 0.2) is 18.2 Å². The molecule has 0 aromatic heterocycles. The highest BCUT2D eigenvalue weighted by atomic mass is 35.5. The lowest BCUT2D eigenvalue weighted by Crippen LogP contribution is -2.22. The van der Waals surface area contributed by atoms with Gasteiger partial charge in [0.1, 0.15) is 5.82 Å². The molecule has 0 aliphatic heterocycles. The van der Waals surface area contributed by atoms with Crippen molar-refractivity contribution in [3.05, 3.63) is 34.6 Å². The summed E-state index contributed by atoms with van der Waals surface area (Å²) in [4.78, 5) is 0. The van der Waals surface area contributed by atoms with Gasteiger partial charge in [0.2, 0.25) is 0 Å². The van der Waals surface area contributed by atoms with Gasteiger partial charge in [-0.2, -0.15) is 0 Å². The van der Waals surface area contributed by atoms with Gasteiger partial charge in [-0.1, -0.05) is 51.3 Å². The number of nitrogens with one attached hydrogen (secondary N) is 1. The Hall–Kier alpha value is -0.600. The van der Waals surface area contributed by atoms with Gasteiger partial charge >= 0.3 is 0 Å². The van der Waals surface area contributed by atoms with E-state index in [1.807, 2.05) is 6.92 Å². The van der Waals surface area contributed by atoms with Crippen molar-refractivity contribution in [2.24, 2.45) is 5.92 Å². The smallest absolute Gasteiger partial charge is 0.129 e. The molecule has 1 rings (SSSR count). The van der Waals surface area contributed by atoms with Crippen molar-refractivity contribution in [1.82, 2.24) is 5.32 Å². The molecule has 1 nitrogen and oxygen atoms in total. The molecule has 3 heteroatoms. The minimum absolute atomic E-state index is 0.0889. The van der Waals surface area contributed by atoms with Gasteiger partial charge < -0.3 is 5.32 Å². The highest BCUT2D eigenvalue weighted by molar-refractivity contribution is 6.30. The van der Waals surface area contributed by atoms with Crippen LogP contribution in [0.5, 0.6) is 0 Å². The summed E-state index contributed by atoms with van der Waals surface area (Å²) in [5, 5.41) is 3.80. The topological polar surface area (TPSA) is 12.0 Å². The van der Waals surface area contributed by atoms with Crippen molar-refractivity contribution in [1.29, 1.82) is 0 Å². The summed E-state index contributed by atoms with van der Waals surface area (Å²) in [7, 11) is 0. The summed E-state index contributed by atoms with van der Waals surface area (Å²) >= 11 is 5.78. The molecule has 0 aliphatic carbocycles. The standard InChI is InChI=1S/C15H23ClFN/c1-4-18-15(7-5-6-11(2)3)13-9-8-12(16)10-14(13)17/h8-11,15,18H,4-7H2,1-3H3. The summed E-state index contributed by atoms with van der Waals surface area (Å²) in [6.07, 6.45) is 3.25. The molecule has 1 aromatic carbocycles. The van der Waals surface area contributed by atoms with Gasteiger partial charge in [-0.25, -0.2) is 4.39 Å². The van der Waals surface area contributed by atoms with E-state index in [1.54, 1.807) is 12.1 Å². The molecule has 0 aliphatic rings. The van der Waals surface area contributed by atoms with E-state index in [-0.39, 0.29) is 11.9 Å². The number of hydrogen-bond donors (Lipinski definition) is 1.